The van der Waals surface area contributed by atoms with E-state index in [4.69, 9.17) is 15.7 Å². The van der Waals surface area contributed by atoms with E-state index in [-0.39, 0.29) is 0 Å². The Kier molecular flexibility index (Phi) is 3.20. The quantitative estimate of drug-likeness (QED) is 0.891. The van der Waals surface area contributed by atoms with Crippen molar-refractivity contribution in [2.24, 2.45) is 0 Å². The van der Waals surface area contributed by atoms with Crippen LogP contribution in [0.4, 0.5) is 5.82 Å². The van der Waals surface area contributed by atoms with Crippen molar-refractivity contribution >= 4 is 5.82 Å². The van der Waals surface area contributed by atoms with Crippen molar-refractivity contribution in [1.29, 1.82) is 5.26 Å². The summed E-state index contributed by atoms with van der Waals surface area (Å²) >= 11 is 0. The molecule has 2 rings (SSSR count). The molecular weight excluding hydrogens is 228 g/mol. The van der Waals surface area contributed by atoms with Gasteiger partial charge in [-0.25, -0.2) is 4.68 Å². The lowest BCUT2D eigenvalue weighted by atomic mass is 10.2. The highest BCUT2D eigenvalue weighted by molar-refractivity contribution is 5.56. The molecule has 1 heterocycles. The van der Waals surface area contributed by atoms with E-state index < -0.39 is 0 Å². The lowest BCUT2D eigenvalue weighted by molar-refractivity contribution is 0.414. The van der Waals surface area contributed by atoms with Gasteiger partial charge in [-0.05, 0) is 30.7 Å². The van der Waals surface area contributed by atoms with Crippen molar-refractivity contribution in [3.05, 3.63) is 35.5 Å². The fourth-order valence-corrected chi connectivity index (χ4v) is 1.77. The summed E-state index contributed by atoms with van der Waals surface area (Å²) < 4.78 is 6.67. The van der Waals surface area contributed by atoms with Gasteiger partial charge in [0.05, 0.1) is 18.5 Å². The maximum absolute atomic E-state index is 9.07. The van der Waals surface area contributed by atoms with Gasteiger partial charge in [-0.15, -0.1) is 0 Å². The van der Waals surface area contributed by atoms with Crippen LogP contribution in [0.15, 0.2) is 24.3 Å². The number of hydrogen-bond acceptors (Lipinski definition) is 4. The van der Waals surface area contributed by atoms with Crippen LogP contribution >= 0.6 is 0 Å². The molecule has 0 aliphatic heterocycles. The second-order valence-electron chi connectivity index (χ2n) is 3.78. The van der Waals surface area contributed by atoms with Gasteiger partial charge in [-0.2, -0.15) is 10.4 Å². The molecule has 0 saturated carbocycles. The standard InChI is InChI=1S/C13H14N4O/c1-3-12-11(8-14)13(15)17(16-12)9-4-6-10(18-2)7-5-9/h4-7H,3,15H2,1-2H3. The second kappa shape index (κ2) is 4.80. The summed E-state index contributed by atoms with van der Waals surface area (Å²) in [5.74, 6) is 1.14. The van der Waals surface area contributed by atoms with Crippen LogP contribution in [-0.2, 0) is 6.42 Å². The van der Waals surface area contributed by atoms with Crippen molar-refractivity contribution in [2.45, 2.75) is 13.3 Å². The SMILES string of the molecule is CCc1nn(-c2ccc(OC)cc2)c(N)c1C#N. The van der Waals surface area contributed by atoms with Gasteiger partial charge < -0.3 is 10.5 Å². The molecule has 0 atom stereocenters. The van der Waals surface area contributed by atoms with Gasteiger partial charge in [0.1, 0.15) is 23.2 Å². The minimum Gasteiger partial charge on any atom is -0.497 e. The van der Waals surface area contributed by atoms with Gasteiger partial charge in [0, 0.05) is 0 Å². The molecule has 2 aromatic rings. The van der Waals surface area contributed by atoms with Crippen molar-refractivity contribution in [3.63, 3.8) is 0 Å². The molecule has 1 aromatic carbocycles. The zero-order valence-corrected chi connectivity index (χ0v) is 10.3. The van der Waals surface area contributed by atoms with Gasteiger partial charge in [0.25, 0.3) is 0 Å². The minimum atomic E-state index is 0.375. The molecule has 0 aliphatic rings. The normalized spacial score (nSPS) is 10.1. The number of ether oxygens (including phenoxy) is 1. The number of nitrogens with zero attached hydrogens (tertiary/aromatic N) is 3. The number of anilines is 1. The average molecular weight is 242 g/mol. The monoisotopic (exact) mass is 242 g/mol. The van der Waals surface area contributed by atoms with Crippen LogP contribution in [0, 0.1) is 11.3 Å². The molecule has 0 radical (unpaired) electrons. The van der Waals surface area contributed by atoms with E-state index in [0.29, 0.717) is 23.5 Å². The van der Waals surface area contributed by atoms with E-state index >= 15 is 0 Å². The van der Waals surface area contributed by atoms with Crippen LogP contribution in [-0.4, -0.2) is 16.9 Å². The zero-order valence-electron chi connectivity index (χ0n) is 10.3. The molecule has 1 aromatic heterocycles. The number of nitrogens with two attached hydrogens (primary N) is 1. The van der Waals surface area contributed by atoms with E-state index in [2.05, 4.69) is 11.2 Å². The largest absolute Gasteiger partial charge is 0.497 e. The van der Waals surface area contributed by atoms with Crippen molar-refractivity contribution in [1.82, 2.24) is 9.78 Å². The van der Waals surface area contributed by atoms with Crippen LogP contribution in [0.25, 0.3) is 5.69 Å². The molecule has 92 valence electrons. The summed E-state index contributed by atoms with van der Waals surface area (Å²) in [6.07, 6.45) is 0.677. The number of aromatic nitrogens is 2. The average Bonchev–Trinajstić information content (AvgIpc) is 2.75. The van der Waals surface area contributed by atoms with Gasteiger partial charge in [-0.3, -0.25) is 0 Å². The van der Waals surface area contributed by atoms with Gasteiger partial charge in [-0.1, -0.05) is 6.92 Å². The molecule has 18 heavy (non-hydrogen) atoms. The first kappa shape index (κ1) is 12.0. The van der Waals surface area contributed by atoms with Crippen LogP contribution in [0.1, 0.15) is 18.2 Å². The fraction of sp³-hybridized carbons (Fsp3) is 0.231. The highest BCUT2D eigenvalue weighted by Crippen LogP contribution is 2.22. The summed E-state index contributed by atoms with van der Waals surface area (Å²) in [7, 11) is 1.61. The third-order valence-corrected chi connectivity index (χ3v) is 2.76. The third kappa shape index (κ3) is 1.89. The van der Waals surface area contributed by atoms with Gasteiger partial charge >= 0.3 is 0 Å². The van der Waals surface area contributed by atoms with Crippen LogP contribution in [0.5, 0.6) is 5.75 Å². The third-order valence-electron chi connectivity index (χ3n) is 2.76. The number of benzene rings is 1. The molecule has 0 spiro atoms. The first-order valence-electron chi connectivity index (χ1n) is 5.63. The second-order valence-corrected chi connectivity index (χ2v) is 3.78. The maximum atomic E-state index is 9.07. The smallest absolute Gasteiger partial charge is 0.145 e. The number of nitrogen functional groups attached to an aromatic ring is 1. The summed E-state index contributed by atoms with van der Waals surface area (Å²) in [5.41, 5.74) is 7.92. The minimum absolute atomic E-state index is 0.375. The Balaban J connectivity index is 2.50. The summed E-state index contributed by atoms with van der Waals surface area (Å²) in [6, 6.07) is 9.45. The molecule has 0 bridgehead atoms. The van der Waals surface area contributed by atoms with E-state index in [1.54, 1.807) is 11.8 Å². The highest BCUT2D eigenvalue weighted by atomic mass is 16.5. The lowest BCUT2D eigenvalue weighted by Crippen LogP contribution is -2.02. The zero-order chi connectivity index (χ0) is 13.1. The first-order chi connectivity index (χ1) is 8.71. The van der Waals surface area contributed by atoms with Crippen LogP contribution in [0.3, 0.4) is 0 Å². The van der Waals surface area contributed by atoms with Crippen molar-refractivity contribution < 1.29 is 4.74 Å². The van der Waals surface area contributed by atoms with Gasteiger partial charge in [0.2, 0.25) is 0 Å². The molecule has 0 saturated heterocycles. The Morgan fingerprint density at radius 1 is 1.39 bits per heavy atom. The number of hydrogen-bond donors (Lipinski definition) is 1. The first-order valence-corrected chi connectivity index (χ1v) is 5.63. The Morgan fingerprint density at radius 2 is 2.06 bits per heavy atom. The number of nitriles is 1. The van der Waals surface area contributed by atoms with E-state index in [1.165, 1.54) is 0 Å². The highest BCUT2D eigenvalue weighted by Gasteiger charge is 2.14. The predicted octanol–water partition coefficient (Wildman–Crippen LogP) is 1.90. The Bertz CT molecular complexity index is 593. The lowest BCUT2D eigenvalue weighted by Gasteiger charge is -2.05. The van der Waals surface area contributed by atoms with E-state index in [9.17, 15) is 0 Å². The summed E-state index contributed by atoms with van der Waals surface area (Å²) in [5, 5.41) is 13.4. The van der Waals surface area contributed by atoms with Crippen LogP contribution < -0.4 is 10.5 Å². The Hall–Kier alpha value is -2.48. The van der Waals surface area contributed by atoms with Crippen molar-refractivity contribution in [3.8, 4) is 17.5 Å². The van der Waals surface area contributed by atoms with E-state index in [1.807, 2.05) is 31.2 Å². The molecule has 0 amide bonds. The summed E-state index contributed by atoms with van der Waals surface area (Å²) in [4.78, 5) is 0. The van der Waals surface area contributed by atoms with Crippen molar-refractivity contribution in [2.75, 3.05) is 12.8 Å². The maximum Gasteiger partial charge on any atom is 0.145 e. The molecule has 5 heteroatoms. The van der Waals surface area contributed by atoms with Gasteiger partial charge in [0.15, 0.2) is 0 Å². The van der Waals surface area contributed by atoms with E-state index in [0.717, 1.165) is 11.4 Å². The molecule has 0 unspecified atom stereocenters. The Labute approximate surface area is 105 Å². The molecule has 0 fully saturated rings. The number of methoxy groups -OCH3 is 1. The summed E-state index contributed by atoms with van der Waals surface area (Å²) in [6.45, 7) is 1.95. The predicted molar refractivity (Wildman–Crippen MR) is 68.6 cm³/mol. The topological polar surface area (TPSA) is 76.9 Å². The van der Waals surface area contributed by atoms with Crippen LogP contribution in [0.2, 0.25) is 0 Å². The fourth-order valence-electron chi connectivity index (χ4n) is 1.77. The molecule has 0 aliphatic carbocycles. The number of aryl methyl sites for hydroxylation is 1. The number of rotatable bonds is 3. The molecule has 5 nitrogen and oxygen atoms in total. The molecular formula is C13H14N4O. The molecule has 2 N–H and O–H groups in total. The Morgan fingerprint density at radius 3 is 2.50 bits per heavy atom.